The van der Waals surface area contributed by atoms with Crippen molar-refractivity contribution in [2.45, 2.75) is 53.0 Å². The zero-order valence-electron chi connectivity index (χ0n) is 12.4. The molecular weight excluding hydrogens is 244 g/mol. The fraction of sp³-hybridized carbons (Fsp3) is 0.857. The number of hydrogen-bond donors (Lipinski definition) is 2. The van der Waals surface area contributed by atoms with E-state index in [2.05, 4.69) is 19.2 Å². The first-order chi connectivity index (χ1) is 8.80. The van der Waals surface area contributed by atoms with Crippen LogP contribution in [0, 0.1) is 11.3 Å². The number of hydrogen-bond acceptors (Lipinski definition) is 2. The number of amides is 2. The van der Waals surface area contributed by atoms with E-state index in [0.29, 0.717) is 31.8 Å². The summed E-state index contributed by atoms with van der Waals surface area (Å²) in [5, 5.41) is 12.1. The van der Waals surface area contributed by atoms with Crippen molar-refractivity contribution in [3.8, 4) is 0 Å². The Labute approximate surface area is 115 Å². The highest BCUT2D eigenvalue weighted by Gasteiger charge is 2.38. The molecule has 110 valence electrons. The molecule has 0 aromatic carbocycles. The molecule has 0 aromatic rings. The second kappa shape index (κ2) is 6.26. The fourth-order valence-electron chi connectivity index (χ4n) is 2.20. The van der Waals surface area contributed by atoms with Crippen LogP contribution in [-0.2, 0) is 4.79 Å². The number of carbonyl (C=O) groups is 2. The maximum Gasteiger partial charge on any atom is 0.317 e. The van der Waals surface area contributed by atoms with Gasteiger partial charge in [0.15, 0.2) is 0 Å². The first-order valence-electron chi connectivity index (χ1n) is 7.09. The van der Waals surface area contributed by atoms with Crippen LogP contribution in [0.4, 0.5) is 4.79 Å². The van der Waals surface area contributed by atoms with E-state index in [1.807, 2.05) is 6.92 Å². The SMILES string of the molecule is CCC(C)C(C)NC(=O)N1CCC(C)(C(=O)O)CC1. The molecule has 1 heterocycles. The maximum atomic E-state index is 12.1. The summed E-state index contributed by atoms with van der Waals surface area (Å²) in [6.45, 7) is 9.02. The molecular formula is C14H26N2O3. The Hall–Kier alpha value is -1.26. The summed E-state index contributed by atoms with van der Waals surface area (Å²) in [6, 6.07) is 0.0746. The highest BCUT2D eigenvalue weighted by atomic mass is 16.4. The summed E-state index contributed by atoms with van der Waals surface area (Å²) < 4.78 is 0. The molecule has 1 rings (SSSR count). The van der Waals surface area contributed by atoms with Gasteiger partial charge in [0.05, 0.1) is 5.41 Å². The summed E-state index contributed by atoms with van der Waals surface area (Å²) in [5.41, 5.74) is -0.681. The van der Waals surface area contributed by atoms with Crippen molar-refractivity contribution in [3.05, 3.63) is 0 Å². The molecule has 0 bridgehead atoms. The molecule has 1 aliphatic rings. The molecule has 2 N–H and O–H groups in total. The van der Waals surface area contributed by atoms with Crippen LogP contribution in [0.5, 0.6) is 0 Å². The van der Waals surface area contributed by atoms with Crippen LogP contribution in [0.2, 0.25) is 0 Å². The van der Waals surface area contributed by atoms with Gasteiger partial charge in [-0.15, -0.1) is 0 Å². The third kappa shape index (κ3) is 3.85. The minimum absolute atomic E-state index is 0.0692. The van der Waals surface area contributed by atoms with Gasteiger partial charge in [-0.25, -0.2) is 4.79 Å². The van der Waals surface area contributed by atoms with Crippen LogP contribution in [0.1, 0.15) is 47.0 Å². The number of carboxylic acid groups (broad SMARTS) is 1. The number of piperidine rings is 1. The smallest absolute Gasteiger partial charge is 0.317 e. The molecule has 0 radical (unpaired) electrons. The van der Waals surface area contributed by atoms with E-state index in [1.165, 1.54) is 0 Å². The summed E-state index contributed by atoms with van der Waals surface area (Å²) in [4.78, 5) is 24.9. The third-order valence-electron chi connectivity index (χ3n) is 4.52. The van der Waals surface area contributed by atoms with Gasteiger partial charge in [0.1, 0.15) is 0 Å². The molecule has 1 saturated heterocycles. The molecule has 5 nitrogen and oxygen atoms in total. The normalized spacial score (nSPS) is 21.6. The molecule has 19 heavy (non-hydrogen) atoms. The second-order valence-electron chi connectivity index (χ2n) is 5.98. The summed E-state index contributed by atoms with van der Waals surface area (Å²) in [7, 11) is 0. The fourth-order valence-corrected chi connectivity index (χ4v) is 2.20. The largest absolute Gasteiger partial charge is 0.481 e. The van der Waals surface area contributed by atoms with Crippen LogP contribution in [0.25, 0.3) is 0 Å². The van der Waals surface area contributed by atoms with Gasteiger partial charge in [0, 0.05) is 19.1 Å². The molecule has 0 aliphatic carbocycles. The summed E-state index contributed by atoms with van der Waals surface area (Å²) in [5.74, 6) is -0.321. The van der Waals surface area contributed by atoms with Crippen LogP contribution in [0.3, 0.4) is 0 Å². The number of carbonyl (C=O) groups excluding carboxylic acids is 1. The second-order valence-corrected chi connectivity index (χ2v) is 5.98. The number of aliphatic carboxylic acids is 1. The first-order valence-corrected chi connectivity index (χ1v) is 7.09. The quantitative estimate of drug-likeness (QED) is 0.823. The van der Waals surface area contributed by atoms with E-state index in [4.69, 9.17) is 5.11 Å². The zero-order valence-corrected chi connectivity index (χ0v) is 12.4. The highest BCUT2D eigenvalue weighted by Crippen LogP contribution is 2.31. The molecule has 2 unspecified atom stereocenters. The van der Waals surface area contributed by atoms with E-state index in [9.17, 15) is 9.59 Å². The molecule has 2 amide bonds. The van der Waals surface area contributed by atoms with E-state index in [0.717, 1.165) is 6.42 Å². The monoisotopic (exact) mass is 270 g/mol. The van der Waals surface area contributed by atoms with Crippen molar-refractivity contribution >= 4 is 12.0 Å². The van der Waals surface area contributed by atoms with Crippen molar-refractivity contribution in [1.82, 2.24) is 10.2 Å². The Balaban J connectivity index is 2.47. The predicted octanol–water partition coefficient (Wildman–Crippen LogP) is 2.32. The molecule has 0 spiro atoms. The van der Waals surface area contributed by atoms with Crippen LogP contribution in [-0.4, -0.2) is 41.1 Å². The lowest BCUT2D eigenvalue weighted by Gasteiger charge is -2.37. The Morgan fingerprint density at radius 1 is 1.32 bits per heavy atom. The lowest BCUT2D eigenvalue weighted by atomic mass is 9.80. The molecule has 1 aliphatic heterocycles. The average molecular weight is 270 g/mol. The topological polar surface area (TPSA) is 69.6 Å². The van der Waals surface area contributed by atoms with Gasteiger partial charge < -0.3 is 15.3 Å². The molecule has 0 saturated carbocycles. The minimum Gasteiger partial charge on any atom is -0.481 e. The average Bonchev–Trinajstić information content (AvgIpc) is 2.38. The zero-order chi connectivity index (χ0) is 14.6. The Bertz CT molecular complexity index is 336. The van der Waals surface area contributed by atoms with E-state index >= 15 is 0 Å². The lowest BCUT2D eigenvalue weighted by Crippen LogP contribution is -2.51. The number of rotatable bonds is 4. The van der Waals surface area contributed by atoms with Gasteiger partial charge in [-0.1, -0.05) is 20.3 Å². The van der Waals surface area contributed by atoms with Crippen LogP contribution >= 0.6 is 0 Å². The van der Waals surface area contributed by atoms with Gasteiger partial charge in [0.2, 0.25) is 0 Å². The van der Waals surface area contributed by atoms with E-state index < -0.39 is 11.4 Å². The number of nitrogens with zero attached hydrogens (tertiary/aromatic N) is 1. The summed E-state index contributed by atoms with van der Waals surface area (Å²) in [6.07, 6.45) is 2.07. The van der Waals surface area contributed by atoms with Crippen LogP contribution in [0.15, 0.2) is 0 Å². The van der Waals surface area contributed by atoms with E-state index in [-0.39, 0.29) is 12.1 Å². The van der Waals surface area contributed by atoms with E-state index in [1.54, 1.807) is 11.8 Å². The van der Waals surface area contributed by atoms with Gasteiger partial charge in [-0.3, -0.25) is 4.79 Å². The predicted molar refractivity (Wildman–Crippen MR) is 74.0 cm³/mol. The lowest BCUT2D eigenvalue weighted by molar-refractivity contribution is -0.150. The summed E-state index contributed by atoms with van der Waals surface area (Å²) >= 11 is 0. The number of likely N-dealkylation sites (tertiary alicyclic amines) is 1. The molecule has 5 heteroatoms. The third-order valence-corrected chi connectivity index (χ3v) is 4.52. The molecule has 0 aromatic heterocycles. The van der Waals surface area contributed by atoms with Crippen molar-refractivity contribution < 1.29 is 14.7 Å². The number of nitrogens with one attached hydrogen (secondary N) is 1. The maximum absolute atomic E-state index is 12.1. The Morgan fingerprint density at radius 2 is 1.84 bits per heavy atom. The first kappa shape index (κ1) is 15.8. The van der Waals surface area contributed by atoms with Gasteiger partial charge in [0.25, 0.3) is 0 Å². The number of carboxylic acids is 1. The molecule has 1 fully saturated rings. The van der Waals surface area contributed by atoms with Gasteiger partial charge in [-0.05, 0) is 32.6 Å². The van der Waals surface area contributed by atoms with Gasteiger partial charge >= 0.3 is 12.0 Å². The highest BCUT2D eigenvalue weighted by molar-refractivity contribution is 5.77. The van der Waals surface area contributed by atoms with Crippen molar-refractivity contribution in [1.29, 1.82) is 0 Å². The van der Waals surface area contributed by atoms with Crippen LogP contribution < -0.4 is 5.32 Å². The van der Waals surface area contributed by atoms with Crippen molar-refractivity contribution in [2.24, 2.45) is 11.3 Å². The molecule has 2 atom stereocenters. The Morgan fingerprint density at radius 3 is 2.26 bits per heavy atom. The number of urea groups is 1. The van der Waals surface area contributed by atoms with Gasteiger partial charge in [-0.2, -0.15) is 0 Å². The van der Waals surface area contributed by atoms with Crippen molar-refractivity contribution in [3.63, 3.8) is 0 Å². The Kier molecular flexibility index (Phi) is 5.20. The van der Waals surface area contributed by atoms with Crippen molar-refractivity contribution in [2.75, 3.05) is 13.1 Å². The standard InChI is InChI=1S/C14H26N2O3/c1-5-10(2)11(3)15-13(19)16-8-6-14(4,7-9-16)12(17)18/h10-11H,5-9H2,1-4H3,(H,15,19)(H,17,18). The minimum atomic E-state index is -0.763.